The molecule has 1 amide bonds. The lowest BCUT2D eigenvalue weighted by molar-refractivity contribution is -0.386. The van der Waals surface area contributed by atoms with Gasteiger partial charge in [-0.15, -0.1) is 0 Å². The number of aliphatic hydroxyl groups excluding tert-OH is 1. The van der Waals surface area contributed by atoms with E-state index in [2.05, 4.69) is 0 Å². The Kier molecular flexibility index (Phi) is 6.89. The Morgan fingerprint density at radius 3 is 2.70 bits per heavy atom. The summed E-state index contributed by atoms with van der Waals surface area (Å²) in [5, 5.41) is 20.4. The number of hydrogen-bond donors (Lipinski definition) is 1. The number of hydrogen-bond acceptors (Lipinski definition) is 5. The van der Waals surface area contributed by atoms with Crippen LogP contribution in [0.1, 0.15) is 38.4 Å². The monoisotopic (exact) mass is 328 g/mol. The molecule has 0 fully saturated rings. The van der Waals surface area contributed by atoms with E-state index in [1.807, 2.05) is 6.92 Å². The lowest BCUT2D eigenvalue weighted by Crippen LogP contribution is -2.26. The minimum atomic E-state index is -1.33. The first-order valence-electron chi connectivity index (χ1n) is 7.31. The lowest BCUT2D eigenvalue weighted by atomic mass is 10.1. The molecule has 1 atom stereocenters. The number of nitro groups is 1. The van der Waals surface area contributed by atoms with Gasteiger partial charge in [0.05, 0.1) is 23.2 Å². The first-order chi connectivity index (χ1) is 10.8. The van der Waals surface area contributed by atoms with Crippen LogP contribution in [-0.4, -0.2) is 41.0 Å². The lowest BCUT2D eigenvalue weighted by Gasteiger charge is -2.15. The third-order valence-corrected chi connectivity index (χ3v) is 3.43. The molecule has 128 valence electrons. The SMILES string of the molecule is CCN(C)C(=O)CCCOc1ccc([N+](=O)[O-])c(C(C)O)c1F. The Hall–Kier alpha value is -2.22. The van der Waals surface area contributed by atoms with Crippen LogP contribution < -0.4 is 4.74 Å². The van der Waals surface area contributed by atoms with E-state index in [9.17, 15) is 24.4 Å². The third kappa shape index (κ3) is 4.88. The van der Waals surface area contributed by atoms with Crippen molar-refractivity contribution in [3.05, 3.63) is 33.6 Å². The van der Waals surface area contributed by atoms with Gasteiger partial charge in [-0.2, -0.15) is 0 Å². The van der Waals surface area contributed by atoms with Crippen molar-refractivity contribution in [2.24, 2.45) is 0 Å². The van der Waals surface area contributed by atoms with Gasteiger partial charge >= 0.3 is 0 Å². The second-order valence-electron chi connectivity index (χ2n) is 5.10. The molecular formula is C15H21FN2O5. The van der Waals surface area contributed by atoms with Gasteiger partial charge in [0.1, 0.15) is 0 Å². The summed E-state index contributed by atoms with van der Waals surface area (Å²) >= 11 is 0. The largest absolute Gasteiger partial charge is 0.490 e. The van der Waals surface area contributed by atoms with E-state index >= 15 is 0 Å². The van der Waals surface area contributed by atoms with Crippen LogP contribution in [0, 0.1) is 15.9 Å². The van der Waals surface area contributed by atoms with Crippen molar-refractivity contribution in [3.8, 4) is 5.75 Å². The molecule has 1 aromatic carbocycles. The quantitative estimate of drug-likeness (QED) is 0.449. The van der Waals surface area contributed by atoms with Crippen LogP contribution in [-0.2, 0) is 4.79 Å². The van der Waals surface area contributed by atoms with Gasteiger partial charge in [0.2, 0.25) is 5.91 Å². The highest BCUT2D eigenvalue weighted by Gasteiger charge is 2.25. The maximum Gasteiger partial charge on any atom is 0.278 e. The van der Waals surface area contributed by atoms with Crippen molar-refractivity contribution < 1.29 is 24.0 Å². The van der Waals surface area contributed by atoms with Crippen molar-refractivity contribution >= 4 is 11.6 Å². The normalized spacial score (nSPS) is 11.9. The molecule has 7 nitrogen and oxygen atoms in total. The van der Waals surface area contributed by atoms with Gasteiger partial charge in [-0.3, -0.25) is 14.9 Å². The van der Waals surface area contributed by atoms with E-state index in [0.717, 1.165) is 12.1 Å². The van der Waals surface area contributed by atoms with Crippen LogP contribution in [0.25, 0.3) is 0 Å². The van der Waals surface area contributed by atoms with Gasteiger partial charge in [0.25, 0.3) is 5.69 Å². The predicted octanol–water partition coefficient (Wildman–Crippen LogP) is 2.42. The van der Waals surface area contributed by atoms with Crippen LogP contribution in [0.5, 0.6) is 5.75 Å². The van der Waals surface area contributed by atoms with Crippen molar-refractivity contribution in [1.82, 2.24) is 4.90 Å². The smallest absolute Gasteiger partial charge is 0.278 e. The number of benzene rings is 1. The molecule has 0 aliphatic carbocycles. The molecule has 0 bridgehead atoms. The summed E-state index contributed by atoms with van der Waals surface area (Å²) < 4.78 is 19.5. The number of nitrogens with zero attached hydrogens (tertiary/aromatic N) is 2. The van der Waals surface area contributed by atoms with Crippen molar-refractivity contribution in [2.75, 3.05) is 20.2 Å². The molecule has 1 N–H and O–H groups in total. The Labute approximate surface area is 133 Å². The number of carbonyl (C=O) groups excluding carboxylic acids is 1. The van der Waals surface area contributed by atoms with Crippen LogP contribution in [0.2, 0.25) is 0 Å². The van der Waals surface area contributed by atoms with Gasteiger partial charge < -0.3 is 14.7 Å². The Bertz CT molecular complexity index is 577. The molecular weight excluding hydrogens is 307 g/mol. The fourth-order valence-corrected chi connectivity index (χ4v) is 2.00. The highest BCUT2D eigenvalue weighted by molar-refractivity contribution is 5.75. The molecule has 0 aromatic heterocycles. The maximum absolute atomic E-state index is 14.2. The van der Waals surface area contributed by atoms with E-state index in [4.69, 9.17) is 4.74 Å². The number of rotatable bonds is 8. The highest BCUT2D eigenvalue weighted by Crippen LogP contribution is 2.33. The zero-order valence-corrected chi connectivity index (χ0v) is 13.4. The fraction of sp³-hybridized carbons (Fsp3) is 0.533. The minimum absolute atomic E-state index is 0.0371. The van der Waals surface area contributed by atoms with Crippen molar-refractivity contribution in [1.29, 1.82) is 0 Å². The standard InChI is InChI=1S/C15H21FN2O5/c1-4-17(3)13(20)6-5-9-23-12-8-7-11(18(21)22)14(10(2)19)15(12)16/h7-8,10,19H,4-6,9H2,1-3H3. The second kappa shape index (κ2) is 8.42. The molecule has 8 heteroatoms. The van der Waals surface area contributed by atoms with Crippen molar-refractivity contribution in [2.45, 2.75) is 32.8 Å². The molecule has 0 spiro atoms. The molecule has 1 rings (SSSR count). The zero-order valence-electron chi connectivity index (χ0n) is 13.4. The van der Waals surface area contributed by atoms with Gasteiger partial charge in [-0.25, -0.2) is 4.39 Å². The molecule has 0 heterocycles. The van der Waals surface area contributed by atoms with Crippen LogP contribution in [0.15, 0.2) is 12.1 Å². The molecule has 0 saturated carbocycles. The van der Waals surface area contributed by atoms with E-state index in [1.165, 1.54) is 6.92 Å². The Morgan fingerprint density at radius 1 is 1.52 bits per heavy atom. The molecule has 0 aliphatic rings. The molecule has 0 radical (unpaired) electrons. The van der Waals surface area contributed by atoms with Gasteiger partial charge in [0, 0.05) is 26.1 Å². The topological polar surface area (TPSA) is 92.9 Å². The number of nitro benzene ring substituents is 1. The maximum atomic E-state index is 14.2. The number of carbonyl (C=O) groups is 1. The molecule has 1 unspecified atom stereocenters. The number of aliphatic hydroxyl groups is 1. The summed E-state index contributed by atoms with van der Waals surface area (Å²) in [6.45, 7) is 3.80. The number of amides is 1. The summed E-state index contributed by atoms with van der Waals surface area (Å²) in [6.07, 6.45) is -0.676. The first kappa shape index (κ1) is 18.8. The number of halogens is 1. The predicted molar refractivity (Wildman–Crippen MR) is 81.7 cm³/mol. The van der Waals surface area contributed by atoms with Gasteiger partial charge in [-0.05, 0) is 26.3 Å². The van der Waals surface area contributed by atoms with E-state index in [0.29, 0.717) is 13.0 Å². The summed E-state index contributed by atoms with van der Waals surface area (Å²) in [7, 11) is 1.69. The third-order valence-electron chi connectivity index (χ3n) is 3.43. The minimum Gasteiger partial charge on any atom is -0.490 e. The van der Waals surface area contributed by atoms with E-state index < -0.39 is 28.1 Å². The van der Waals surface area contributed by atoms with Crippen LogP contribution in [0.4, 0.5) is 10.1 Å². The average Bonchev–Trinajstić information content (AvgIpc) is 2.50. The molecule has 0 aliphatic heterocycles. The van der Waals surface area contributed by atoms with Gasteiger partial charge in [0.15, 0.2) is 11.6 Å². The molecule has 0 saturated heterocycles. The Balaban J connectivity index is 2.73. The van der Waals surface area contributed by atoms with E-state index in [-0.39, 0.29) is 24.7 Å². The molecule has 1 aromatic rings. The Morgan fingerprint density at radius 2 is 2.17 bits per heavy atom. The fourth-order valence-electron chi connectivity index (χ4n) is 2.00. The molecule has 23 heavy (non-hydrogen) atoms. The van der Waals surface area contributed by atoms with Crippen LogP contribution >= 0.6 is 0 Å². The number of ether oxygens (including phenoxy) is 1. The average molecular weight is 328 g/mol. The summed E-state index contributed by atoms with van der Waals surface area (Å²) in [5.74, 6) is -1.17. The van der Waals surface area contributed by atoms with E-state index in [1.54, 1.807) is 11.9 Å². The summed E-state index contributed by atoms with van der Waals surface area (Å²) in [6, 6.07) is 2.25. The second-order valence-corrected chi connectivity index (χ2v) is 5.10. The van der Waals surface area contributed by atoms with Crippen LogP contribution in [0.3, 0.4) is 0 Å². The highest BCUT2D eigenvalue weighted by atomic mass is 19.1. The van der Waals surface area contributed by atoms with Gasteiger partial charge in [-0.1, -0.05) is 0 Å². The summed E-state index contributed by atoms with van der Waals surface area (Å²) in [5.41, 5.74) is -0.904. The first-order valence-corrected chi connectivity index (χ1v) is 7.31. The van der Waals surface area contributed by atoms with Crippen molar-refractivity contribution in [3.63, 3.8) is 0 Å². The summed E-state index contributed by atoms with van der Waals surface area (Å²) in [4.78, 5) is 23.3. The zero-order chi connectivity index (χ0) is 17.6.